The van der Waals surface area contributed by atoms with Gasteiger partial charge in [0.25, 0.3) is 5.56 Å². The van der Waals surface area contributed by atoms with E-state index in [0.29, 0.717) is 25.4 Å². The lowest BCUT2D eigenvalue weighted by Crippen LogP contribution is -2.25. The van der Waals surface area contributed by atoms with Crippen molar-refractivity contribution in [2.24, 2.45) is 0 Å². The fourth-order valence-electron chi connectivity index (χ4n) is 2.33. The van der Waals surface area contributed by atoms with E-state index < -0.39 is 0 Å². The molecule has 0 unspecified atom stereocenters. The summed E-state index contributed by atoms with van der Waals surface area (Å²) >= 11 is 6.18. The molecule has 128 valence electrons. The Bertz CT molecular complexity index is 867. The van der Waals surface area contributed by atoms with Gasteiger partial charge in [-0.05, 0) is 17.7 Å². The number of hydrogen-bond donors (Lipinski definition) is 1. The average Bonchev–Trinajstić information content (AvgIpc) is 2.66. The molecule has 2 aromatic carbocycles. The molecule has 0 bridgehead atoms. The van der Waals surface area contributed by atoms with Crippen molar-refractivity contribution in [2.45, 2.75) is 6.54 Å². The van der Waals surface area contributed by atoms with Crippen LogP contribution >= 0.6 is 11.6 Å². The second kappa shape index (κ2) is 8.35. The van der Waals surface area contributed by atoms with Crippen molar-refractivity contribution in [1.29, 1.82) is 0 Å². The van der Waals surface area contributed by atoms with E-state index in [1.54, 1.807) is 6.20 Å². The van der Waals surface area contributed by atoms with Crippen LogP contribution < -0.4 is 15.6 Å². The normalized spacial score (nSPS) is 10.4. The Morgan fingerprint density at radius 3 is 2.44 bits per heavy atom. The average molecular weight is 356 g/mol. The first-order valence-electron chi connectivity index (χ1n) is 7.95. The third kappa shape index (κ3) is 4.61. The van der Waals surface area contributed by atoms with E-state index in [0.717, 1.165) is 11.3 Å². The molecule has 0 aliphatic rings. The summed E-state index contributed by atoms with van der Waals surface area (Å²) < 4.78 is 6.94. The van der Waals surface area contributed by atoms with Crippen molar-refractivity contribution < 1.29 is 4.74 Å². The molecule has 0 spiro atoms. The number of nitrogens with one attached hydrogen (secondary N) is 1. The molecular weight excluding hydrogens is 338 g/mol. The highest BCUT2D eigenvalue weighted by molar-refractivity contribution is 6.32. The third-order valence-electron chi connectivity index (χ3n) is 3.59. The van der Waals surface area contributed by atoms with Gasteiger partial charge in [-0.3, -0.25) is 4.79 Å². The summed E-state index contributed by atoms with van der Waals surface area (Å²) in [4.78, 5) is 12.3. The van der Waals surface area contributed by atoms with Crippen molar-refractivity contribution in [3.05, 3.63) is 87.8 Å². The van der Waals surface area contributed by atoms with Gasteiger partial charge in [-0.2, -0.15) is 5.10 Å². The van der Waals surface area contributed by atoms with Gasteiger partial charge in [-0.1, -0.05) is 60.1 Å². The largest absolute Gasteiger partial charge is 0.492 e. The highest BCUT2D eigenvalue weighted by Crippen LogP contribution is 2.15. The van der Waals surface area contributed by atoms with Crippen LogP contribution in [0.25, 0.3) is 0 Å². The van der Waals surface area contributed by atoms with E-state index in [-0.39, 0.29) is 10.6 Å². The molecule has 5 nitrogen and oxygen atoms in total. The third-order valence-corrected chi connectivity index (χ3v) is 3.95. The topological polar surface area (TPSA) is 56.1 Å². The summed E-state index contributed by atoms with van der Waals surface area (Å²) in [6, 6.07) is 19.2. The number of hydrogen-bond acceptors (Lipinski definition) is 4. The molecule has 1 heterocycles. The minimum atomic E-state index is -0.320. The molecular formula is C19H18ClN3O2. The predicted molar refractivity (Wildman–Crippen MR) is 99.5 cm³/mol. The van der Waals surface area contributed by atoms with Gasteiger partial charge in [0, 0.05) is 6.54 Å². The molecule has 1 N–H and O–H groups in total. The number of anilines is 1. The molecule has 0 atom stereocenters. The van der Waals surface area contributed by atoms with Crippen molar-refractivity contribution in [1.82, 2.24) is 9.78 Å². The second-order valence-electron chi connectivity index (χ2n) is 5.41. The number of benzene rings is 2. The molecule has 0 amide bonds. The molecule has 6 heteroatoms. The zero-order chi connectivity index (χ0) is 17.5. The van der Waals surface area contributed by atoms with E-state index in [1.165, 1.54) is 4.68 Å². The fourth-order valence-corrected chi connectivity index (χ4v) is 2.54. The Balaban J connectivity index is 1.59. The number of aromatic nitrogens is 2. The molecule has 0 saturated heterocycles. The number of para-hydroxylation sites is 1. The quantitative estimate of drug-likeness (QED) is 0.660. The van der Waals surface area contributed by atoms with Gasteiger partial charge < -0.3 is 10.1 Å². The van der Waals surface area contributed by atoms with Crippen LogP contribution in [0.3, 0.4) is 0 Å². The summed E-state index contributed by atoms with van der Waals surface area (Å²) in [6.07, 6.45) is 1.56. The standard InChI is InChI=1S/C19H18ClN3O2/c20-18-17(21-11-12-25-16-9-5-2-6-10-16)13-22-23(19(18)24)14-15-7-3-1-4-8-15/h1-10,13,21H,11-12,14H2. The molecule has 3 rings (SSSR count). The van der Waals surface area contributed by atoms with E-state index in [9.17, 15) is 4.79 Å². The molecule has 0 radical (unpaired) electrons. The van der Waals surface area contributed by atoms with Crippen molar-refractivity contribution in [2.75, 3.05) is 18.5 Å². The molecule has 0 fully saturated rings. The van der Waals surface area contributed by atoms with E-state index in [1.807, 2.05) is 60.7 Å². The maximum atomic E-state index is 12.3. The van der Waals surface area contributed by atoms with Gasteiger partial charge in [0.05, 0.1) is 18.4 Å². The number of halogens is 1. The number of ether oxygens (including phenoxy) is 1. The van der Waals surface area contributed by atoms with Crippen LogP contribution in [-0.2, 0) is 6.54 Å². The summed E-state index contributed by atoms with van der Waals surface area (Å²) in [6.45, 7) is 1.35. The molecule has 0 aliphatic heterocycles. The summed E-state index contributed by atoms with van der Waals surface area (Å²) in [5.41, 5.74) is 1.18. The highest BCUT2D eigenvalue weighted by Gasteiger charge is 2.09. The minimum absolute atomic E-state index is 0.130. The Labute approximate surface area is 150 Å². The predicted octanol–water partition coefficient (Wildman–Crippen LogP) is 3.44. The first-order valence-corrected chi connectivity index (χ1v) is 8.33. The lowest BCUT2D eigenvalue weighted by Gasteiger charge is -2.11. The first kappa shape index (κ1) is 17.0. The van der Waals surface area contributed by atoms with E-state index >= 15 is 0 Å². The fraction of sp³-hybridized carbons (Fsp3) is 0.158. The van der Waals surface area contributed by atoms with Crippen LogP contribution in [0.5, 0.6) is 5.75 Å². The number of nitrogens with zero attached hydrogens (tertiary/aromatic N) is 2. The maximum Gasteiger partial charge on any atom is 0.287 e. The highest BCUT2D eigenvalue weighted by atomic mass is 35.5. The van der Waals surface area contributed by atoms with Crippen molar-refractivity contribution in [3.63, 3.8) is 0 Å². The van der Waals surface area contributed by atoms with Crippen LogP contribution in [0, 0.1) is 0 Å². The van der Waals surface area contributed by atoms with Gasteiger partial charge in [-0.15, -0.1) is 0 Å². The second-order valence-corrected chi connectivity index (χ2v) is 5.79. The van der Waals surface area contributed by atoms with Crippen molar-refractivity contribution in [3.8, 4) is 5.75 Å². The van der Waals surface area contributed by atoms with Crippen molar-refractivity contribution >= 4 is 17.3 Å². The van der Waals surface area contributed by atoms with Crippen LogP contribution in [0.2, 0.25) is 5.02 Å². The van der Waals surface area contributed by atoms with Crippen LogP contribution in [0.4, 0.5) is 5.69 Å². The zero-order valence-electron chi connectivity index (χ0n) is 13.6. The minimum Gasteiger partial charge on any atom is -0.492 e. The van der Waals surface area contributed by atoms with Gasteiger partial charge in [-0.25, -0.2) is 4.68 Å². The first-order chi connectivity index (χ1) is 12.2. The lowest BCUT2D eigenvalue weighted by molar-refractivity contribution is 0.333. The van der Waals surface area contributed by atoms with Crippen LogP contribution in [-0.4, -0.2) is 22.9 Å². The van der Waals surface area contributed by atoms with Crippen LogP contribution in [0.15, 0.2) is 71.7 Å². The van der Waals surface area contributed by atoms with Gasteiger partial charge in [0.2, 0.25) is 0 Å². The summed E-state index contributed by atoms with van der Waals surface area (Å²) in [5.74, 6) is 0.798. The summed E-state index contributed by atoms with van der Waals surface area (Å²) in [7, 11) is 0. The molecule has 3 aromatic rings. The van der Waals surface area contributed by atoms with E-state index in [2.05, 4.69) is 10.4 Å². The van der Waals surface area contributed by atoms with Crippen LogP contribution in [0.1, 0.15) is 5.56 Å². The Hall–Kier alpha value is -2.79. The number of rotatable bonds is 7. The summed E-state index contributed by atoms with van der Waals surface area (Å²) in [5, 5.41) is 7.40. The monoisotopic (exact) mass is 355 g/mol. The lowest BCUT2D eigenvalue weighted by atomic mass is 10.2. The smallest absolute Gasteiger partial charge is 0.287 e. The Morgan fingerprint density at radius 1 is 1.04 bits per heavy atom. The zero-order valence-corrected chi connectivity index (χ0v) is 14.3. The Kier molecular flexibility index (Phi) is 5.69. The van der Waals surface area contributed by atoms with Gasteiger partial charge >= 0.3 is 0 Å². The van der Waals surface area contributed by atoms with E-state index in [4.69, 9.17) is 16.3 Å². The van der Waals surface area contributed by atoms with Gasteiger partial charge in [0.1, 0.15) is 17.4 Å². The Morgan fingerprint density at radius 2 is 1.72 bits per heavy atom. The van der Waals surface area contributed by atoms with Gasteiger partial charge in [0.15, 0.2) is 0 Å². The maximum absolute atomic E-state index is 12.3. The molecule has 25 heavy (non-hydrogen) atoms. The molecule has 0 aliphatic carbocycles. The SMILES string of the molecule is O=c1c(Cl)c(NCCOc2ccccc2)cnn1Cc1ccccc1. The molecule has 0 saturated carbocycles. The molecule has 1 aromatic heterocycles.